The Bertz CT molecular complexity index is 419. The van der Waals surface area contributed by atoms with Gasteiger partial charge < -0.3 is 10.4 Å². The molecule has 3 heteroatoms. The van der Waals surface area contributed by atoms with Crippen molar-refractivity contribution in [2.75, 3.05) is 6.54 Å². The van der Waals surface area contributed by atoms with Crippen molar-refractivity contribution in [2.45, 2.75) is 33.2 Å². The lowest BCUT2D eigenvalue weighted by molar-refractivity contribution is -0.132. The van der Waals surface area contributed by atoms with Crippen molar-refractivity contribution in [3.05, 3.63) is 47.0 Å². The van der Waals surface area contributed by atoms with Crippen LogP contribution >= 0.6 is 0 Å². The zero-order valence-electron chi connectivity index (χ0n) is 11.2. The van der Waals surface area contributed by atoms with Gasteiger partial charge in [-0.3, -0.25) is 0 Å². The van der Waals surface area contributed by atoms with Crippen molar-refractivity contribution in [3.63, 3.8) is 0 Å². The van der Waals surface area contributed by atoms with E-state index in [1.165, 1.54) is 11.1 Å². The van der Waals surface area contributed by atoms with E-state index in [2.05, 4.69) is 43.4 Å². The summed E-state index contributed by atoms with van der Waals surface area (Å²) in [5.41, 5.74) is 2.92. The maximum absolute atomic E-state index is 10.6. The van der Waals surface area contributed by atoms with Gasteiger partial charge in [-0.05, 0) is 24.0 Å². The SMILES string of the molecule is C/C(=C/CNCc1ccc(C(C)C)cc1)C(=O)O. The predicted molar refractivity (Wildman–Crippen MR) is 73.6 cm³/mol. The molecule has 0 amide bonds. The molecular formula is C15H21NO2. The first-order chi connectivity index (χ1) is 8.50. The van der Waals surface area contributed by atoms with E-state index in [9.17, 15) is 4.79 Å². The van der Waals surface area contributed by atoms with Crippen molar-refractivity contribution in [1.29, 1.82) is 0 Å². The van der Waals surface area contributed by atoms with E-state index in [4.69, 9.17) is 5.11 Å². The minimum Gasteiger partial charge on any atom is -0.478 e. The second-order valence-corrected chi connectivity index (χ2v) is 4.72. The summed E-state index contributed by atoms with van der Waals surface area (Å²) in [5.74, 6) is -0.314. The smallest absolute Gasteiger partial charge is 0.330 e. The number of carboxylic acids is 1. The van der Waals surface area contributed by atoms with Crippen LogP contribution in [0.2, 0.25) is 0 Å². The number of rotatable bonds is 6. The average molecular weight is 247 g/mol. The van der Waals surface area contributed by atoms with Crippen LogP contribution in [0.1, 0.15) is 37.8 Å². The van der Waals surface area contributed by atoms with Crippen molar-refractivity contribution >= 4 is 5.97 Å². The first-order valence-corrected chi connectivity index (χ1v) is 6.20. The Hall–Kier alpha value is -1.61. The van der Waals surface area contributed by atoms with E-state index < -0.39 is 5.97 Å². The van der Waals surface area contributed by atoms with Gasteiger partial charge in [0, 0.05) is 18.7 Å². The van der Waals surface area contributed by atoms with Crippen LogP contribution in [0.25, 0.3) is 0 Å². The van der Waals surface area contributed by atoms with Gasteiger partial charge in [0.05, 0.1) is 0 Å². The van der Waals surface area contributed by atoms with Crippen LogP contribution in [0.5, 0.6) is 0 Å². The van der Waals surface area contributed by atoms with Gasteiger partial charge in [-0.15, -0.1) is 0 Å². The zero-order chi connectivity index (χ0) is 13.5. The molecule has 0 atom stereocenters. The molecule has 0 spiro atoms. The monoisotopic (exact) mass is 247 g/mol. The van der Waals surface area contributed by atoms with E-state index in [1.807, 2.05) is 0 Å². The molecule has 98 valence electrons. The average Bonchev–Trinajstić information content (AvgIpc) is 2.34. The zero-order valence-corrected chi connectivity index (χ0v) is 11.2. The minimum atomic E-state index is -0.863. The first-order valence-electron chi connectivity index (χ1n) is 6.20. The van der Waals surface area contributed by atoms with Crippen LogP contribution in [0.4, 0.5) is 0 Å². The maximum Gasteiger partial charge on any atom is 0.330 e. The van der Waals surface area contributed by atoms with E-state index >= 15 is 0 Å². The van der Waals surface area contributed by atoms with Crippen LogP contribution in [0.3, 0.4) is 0 Å². The van der Waals surface area contributed by atoms with Crippen LogP contribution in [-0.2, 0) is 11.3 Å². The summed E-state index contributed by atoms with van der Waals surface area (Å²) in [5, 5.41) is 11.9. The molecule has 0 radical (unpaired) electrons. The lowest BCUT2D eigenvalue weighted by Gasteiger charge is -2.07. The molecule has 1 aromatic carbocycles. The highest BCUT2D eigenvalue weighted by Crippen LogP contribution is 2.14. The number of benzene rings is 1. The Labute approximate surface area is 109 Å². The molecule has 3 nitrogen and oxygen atoms in total. The number of hydrogen-bond donors (Lipinski definition) is 2. The summed E-state index contributed by atoms with van der Waals surface area (Å²) in [7, 11) is 0. The summed E-state index contributed by atoms with van der Waals surface area (Å²) in [4.78, 5) is 10.6. The van der Waals surface area contributed by atoms with Crippen LogP contribution in [0.15, 0.2) is 35.9 Å². The summed E-state index contributed by atoms with van der Waals surface area (Å²) in [6, 6.07) is 8.49. The largest absolute Gasteiger partial charge is 0.478 e. The third kappa shape index (κ3) is 4.72. The fraction of sp³-hybridized carbons (Fsp3) is 0.400. The van der Waals surface area contributed by atoms with Gasteiger partial charge in [0.25, 0.3) is 0 Å². The lowest BCUT2D eigenvalue weighted by Crippen LogP contribution is -2.14. The molecule has 0 heterocycles. The fourth-order valence-electron chi connectivity index (χ4n) is 1.55. The molecule has 0 bridgehead atoms. The van der Waals surface area contributed by atoms with Gasteiger partial charge in [-0.25, -0.2) is 4.79 Å². The van der Waals surface area contributed by atoms with Gasteiger partial charge >= 0.3 is 5.97 Å². The Morgan fingerprint density at radius 1 is 1.33 bits per heavy atom. The number of carboxylic acid groups (broad SMARTS) is 1. The molecule has 0 aromatic heterocycles. The molecule has 0 fully saturated rings. The second kappa shape index (κ2) is 6.97. The van der Waals surface area contributed by atoms with Crippen molar-refractivity contribution in [1.82, 2.24) is 5.32 Å². The van der Waals surface area contributed by atoms with Crippen molar-refractivity contribution < 1.29 is 9.90 Å². The molecule has 1 aromatic rings. The normalized spacial score (nSPS) is 11.9. The quantitative estimate of drug-likeness (QED) is 0.600. The summed E-state index contributed by atoms with van der Waals surface area (Å²) in [6.45, 7) is 7.27. The number of hydrogen-bond acceptors (Lipinski definition) is 2. The van der Waals surface area contributed by atoms with Crippen LogP contribution < -0.4 is 5.32 Å². The topological polar surface area (TPSA) is 49.3 Å². The standard InChI is InChI=1S/C15H21NO2/c1-11(2)14-6-4-13(5-7-14)10-16-9-8-12(3)15(17)18/h4-8,11,16H,9-10H2,1-3H3,(H,17,18)/b12-8-. The van der Waals surface area contributed by atoms with E-state index in [1.54, 1.807) is 13.0 Å². The predicted octanol–water partition coefficient (Wildman–Crippen LogP) is 2.93. The first kappa shape index (κ1) is 14.5. The van der Waals surface area contributed by atoms with Gasteiger partial charge in [-0.1, -0.05) is 44.2 Å². The number of aliphatic carboxylic acids is 1. The molecule has 0 unspecified atom stereocenters. The second-order valence-electron chi connectivity index (χ2n) is 4.72. The van der Waals surface area contributed by atoms with Gasteiger partial charge in [-0.2, -0.15) is 0 Å². The number of carbonyl (C=O) groups is 1. The molecule has 0 aliphatic carbocycles. The van der Waals surface area contributed by atoms with Gasteiger partial charge in [0.15, 0.2) is 0 Å². The highest BCUT2D eigenvalue weighted by atomic mass is 16.4. The number of nitrogens with one attached hydrogen (secondary N) is 1. The van der Waals surface area contributed by atoms with E-state index in [-0.39, 0.29) is 0 Å². The maximum atomic E-state index is 10.6. The third-order valence-electron chi connectivity index (χ3n) is 2.87. The summed E-state index contributed by atoms with van der Waals surface area (Å²) >= 11 is 0. The van der Waals surface area contributed by atoms with Crippen LogP contribution in [0, 0.1) is 0 Å². The molecule has 1 rings (SSSR count). The lowest BCUT2D eigenvalue weighted by atomic mass is 10.0. The molecular weight excluding hydrogens is 226 g/mol. The Kier molecular flexibility index (Phi) is 5.59. The molecule has 2 N–H and O–H groups in total. The van der Waals surface area contributed by atoms with Crippen LogP contribution in [-0.4, -0.2) is 17.6 Å². The molecule has 0 saturated heterocycles. The van der Waals surface area contributed by atoms with Crippen molar-refractivity contribution in [2.24, 2.45) is 0 Å². The molecule has 0 saturated carbocycles. The highest BCUT2D eigenvalue weighted by molar-refractivity contribution is 5.85. The fourth-order valence-corrected chi connectivity index (χ4v) is 1.55. The minimum absolute atomic E-state index is 0.373. The third-order valence-corrected chi connectivity index (χ3v) is 2.87. The van der Waals surface area contributed by atoms with E-state index in [0.717, 1.165) is 6.54 Å². The summed E-state index contributed by atoms with van der Waals surface area (Å²) < 4.78 is 0. The highest BCUT2D eigenvalue weighted by Gasteiger charge is 1.99. The van der Waals surface area contributed by atoms with E-state index in [0.29, 0.717) is 18.0 Å². The Balaban J connectivity index is 2.40. The molecule has 0 aliphatic rings. The Morgan fingerprint density at radius 3 is 2.44 bits per heavy atom. The molecule has 18 heavy (non-hydrogen) atoms. The molecule has 0 aliphatic heterocycles. The van der Waals surface area contributed by atoms with Crippen molar-refractivity contribution in [3.8, 4) is 0 Å². The van der Waals surface area contributed by atoms with Gasteiger partial charge in [0.1, 0.15) is 0 Å². The van der Waals surface area contributed by atoms with Gasteiger partial charge in [0.2, 0.25) is 0 Å². The summed E-state index contributed by atoms with van der Waals surface area (Å²) in [6.07, 6.45) is 1.69. The Morgan fingerprint density at radius 2 is 1.94 bits per heavy atom.